The molecule has 124 valence electrons. The number of hydrogen-bond donors (Lipinski definition) is 0. The van der Waals surface area contributed by atoms with Crippen molar-refractivity contribution in [3.05, 3.63) is 46.5 Å². The first-order chi connectivity index (χ1) is 11.0. The second kappa shape index (κ2) is 8.34. The van der Waals surface area contributed by atoms with Gasteiger partial charge in [-0.25, -0.2) is 9.78 Å². The Morgan fingerprint density at radius 1 is 1.30 bits per heavy atom. The minimum atomic E-state index is -0.282. The van der Waals surface area contributed by atoms with E-state index in [1.165, 1.54) is 15.8 Å². The predicted molar refractivity (Wildman–Crippen MR) is 92.7 cm³/mol. The molecule has 23 heavy (non-hydrogen) atoms. The van der Waals surface area contributed by atoms with Crippen molar-refractivity contribution in [2.75, 3.05) is 24.7 Å². The van der Waals surface area contributed by atoms with Crippen LogP contribution in [0.4, 0.5) is 10.5 Å². The van der Waals surface area contributed by atoms with E-state index in [0.717, 1.165) is 12.0 Å². The van der Waals surface area contributed by atoms with Crippen LogP contribution in [0.5, 0.6) is 0 Å². The van der Waals surface area contributed by atoms with Crippen molar-refractivity contribution in [2.45, 2.75) is 20.3 Å². The van der Waals surface area contributed by atoms with Gasteiger partial charge in [0, 0.05) is 19.0 Å². The van der Waals surface area contributed by atoms with Crippen molar-refractivity contribution in [1.29, 1.82) is 0 Å². The summed E-state index contributed by atoms with van der Waals surface area (Å²) in [7, 11) is 0. The molecular weight excluding hydrogens is 337 g/mol. The Morgan fingerprint density at radius 3 is 2.57 bits per heavy atom. The topological polar surface area (TPSA) is 47.4 Å². The van der Waals surface area contributed by atoms with E-state index in [1.807, 2.05) is 13.8 Å². The van der Waals surface area contributed by atoms with E-state index in [-0.39, 0.29) is 6.03 Å². The maximum Gasteiger partial charge on any atom is 0.334 e. The Bertz CT molecular complexity index is 636. The molecule has 0 radical (unpaired) electrons. The molecule has 5 nitrogen and oxygen atoms in total. The Kier molecular flexibility index (Phi) is 6.45. The number of rotatable bonds is 6. The summed E-state index contributed by atoms with van der Waals surface area (Å²) < 4.78 is 6.88. The number of imidazole rings is 1. The number of halogens is 2. The van der Waals surface area contributed by atoms with Gasteiger partial charge in [-0.15, -0.1) is 0 Å². The van der Waals surface area contributed by atoms with Crippen molar-refractivity contribution in [1.82, 2.24) is 9.55 Å². The van der Waals surface area contributed by atoms with Gasteiger partial charge in [-0.1, -0.05) is 30.1 Å². The highest BCUT2D eigenvalue weighted by Gasteiger charge is 2.22. The highest BCUT2D eigenvalue weighted by atomic mass is 35.5. The lowest BCUT2D eigenvalue weighted by molar-refractivity contribution is 0.141. The summed E-state index contributed by atoms with van der Waals surface area (Å²) in [5.41, 5.74) is 1.42. The Hall–Kier alpha value is -1.56. The second-order valence-corrected chi connectivity index (χ2v) is 5.91. The standard InChI is InChI=1S/C16H19Cl2N3O2/c1-3-7-23-8-6-21(16(22)20-5-4-19-11-20)15-13(17)9-12(2)10-14(15)18/h4-5,9-11H,3,6-8H2,1-2H3. The third kappa shape index (κ3) is 4.47. The molecule has 0 unspecified atom stereocenters. The molecule has 0 N–H and O–H groups in total. The van der Waals surface area contributed by atoms with E-state index < -0.39 is 0 Å². The van der Waals surface area contributed by atoms with E-state index in [2.05, 4.69) is 4.98 Å². The summed E-state index contributed by atoms with van der Waals surface area (Å²) >= 11 is 12.7. The quantitative estimate of drug-likeness (QED) is 0.721. The van der Waals surface area contributed by atoms with Crippen LogP contribution in [0.1, 0.15) is 18.9 Å². The number of nitrogens with zero attached hydrogens (tertiary/aromatic N) is 3. The molecule has 7 heteroatoms. The van der Waals surface area contributed by atoms with Crippen molar-refractivity contribution < 1.29 is 9.53 Å². The average Bonchev–Trinajstić information content (AvgIpc) is 3.02. The maximum atomic E-state index is 12.7. The number of ether oxygens (including phenoxy) is 1. The first-order valence-electron chi connectivity index (χ1n) is 7.37. The maximum absolute atomic E-state index is 12.7. The number of aromatic nitrogens is 2. The third-order valence-electron chi connectivity index (χ3n) is 3.20. The highest BCUT2D eigenvalue weighted by Crippen LogP contribution is 2.35. The van der Waals surface area contributed by atoms with Crippen LogP contribution in [0.15, 0.2) is 30.9 Å². The molecule has 0 aliphatic rings. The number of carbonyl (C=O) groups excluding carboxylic acids is 1. The van der Waals surface area contributed by atoms with Crippen LogP contribution in [0.2, 0.25) is 10.0 Å². The van der Waals surface area contributed by atoms with Crippen molar-refractivity contribution in [3.63, 3.8) is 0 Å². The van der Waals surface area contributed by atoms with Gasteiger partial charge in [-0.05, 0) is 31.0 Å². The normalized spacial score (nSPS) is 10.8. The molecule has 0 saturated carbocycles. The molecule has 2 rings (SSSR count). The molecule has 0 aliphatic carbocycles. The van der Waals surface area contributed by atoms with Crippen LogP contribution < -0.4 is 4.90 Å². The fourth-order valence-corrected chi connectivity index (χ4v) is 2.97. The van der Waals surface area contributed by atoms with Gasteiger partial charge < -0.3 is 4.74 Å². The number of hydrogen-bond acceptors (Lipinski definition) is 3. The summed E-state index contributed by atoms with van der Waals surface area (Å²) in [4.78, 5) is 18.2. The van der Waals surface area contributed by atoms with Crippen LogP contribution in [0.3, 0.4) is 0 Å². The number of benzene rings is 1. The molecule has 0 bridgehead atoms. The van der Waals surface area contributed by atoms with Crippen LogP contribution in [-0.4, -0.2) is 35.3 Å². The van der Waals surface area contributed by atoms with Crippen molar-refractivity contribution >= 4 is 34.9 Å². The molecule has 1 amide bonds. The van der Waals surface area contributed by atoms with E-state index in [0.29, 0.717) is 35.5 Å². The van der Waals surface area contributed by atoms with Crippen LogP contribution in [0, 0.1) is 6.92 Å². The first kappa shape index (κ1) is 17.8. The minimum Gasteiger partial charge on any atom is -0.380 e. The van der Waals surface area contributed by atoms with E-state index in [9.17, 15) is 4.79 Å². The van der Waals surface area contributed by atoms with E-state index in [1.54, 1.807) is 24.5 Å². The molecule has 0 saturated heterocycles. The molecular formula is C16H19Cl2N3O2. The molecule has 0 spiro atoms. The Balaban J connectivity index is 2.31. The Labute approximate surface area is 145 Å². The van der Waals surface area contributed by atoms with Gasteiger partial charge in [0.2, 0.25) is 0 Å². The summed E-state index contributed by atoms with van der Waals surface area (Å²) in [6, 6.07) is 3.28. The van der Waals surface area contributed by atoms with Crippen molar-refractivity contribution in [2.24, 2.45) is 0 Å². The molecule has 0 aliphatic heterocycles. The molecule has 2 aromatic rings. The summed E-state index contributed by atoms with van der Waals surface area (Å²) in [5, 5.41) is 0.859. The van der Waals surface area contributed by atoms with Crippen LogP contribution in [0.25, 0.3) is 0 Å². The van der Waals surface area contributed by atoms with Gasteiger partial charge in [0.25, 0.3) is 0 Å². The van der Waals surface area contributed by atoms with Crippen LogP contribution >= 0.6 is 23.2 Å². The predicted octanol–water partition coefficient (Wildman–Crippen LogP) is 4.40. The first-order valence-corrected chi connectivity index (χ1v) is 8.13. The molecule has 0 atom stereocenters. The fourth-order valence-electron chi connectivity index (χ4n) is 2.17. The highest BCUT2D eigenvalue weighted by molar-refractivity contribution is 6.40. The van der Waals surface area contributed by atoms with Gasteiger partial charge in [-0.3, -0.25) is 9.47 Å². The summed E-state index contributed by atoms with van der Waals surface area (Å²) in [6.45, 7) is 5.31. The van der Waals surface area contributed by atoms with Gasteiger partial charge >= 0.3 is 6.03 Å². The lowest BCUT2D eigenvalue weighted by Gasteiger charge is -2.25. The molecule has 0 fully saturated rings. The van der Waals surface area contributed by atoms with Gasteiger partial charge in [0.1, 0.15) is 6.33 Å². The fraction of sp³-hybridized carbons (Fsp3) is 0.375. The minimum absolute atomic E-state index is 0.282. The SMILES string of the molecule is CCCOCCN(C(=O)n1ccnc1)c1c(Cl)cc(C)cc1Cl. The zero-order chi connectivity index (χ0) is 16.8. The number of anilines is 1. The summed E-state index contributed by atoms with van der Waals surface area (Å²) in [5.74, 6) is 0. The van der Waals surface area contributed by atoms with Crippen LogP contribution in [-0.2, 0) is 4.74 Å². The second-order valence-electron chi connectivity index (χ2n) is 5.09. The molecule has 1 aromatic heterocycles. The third-order valence-corrected chi connectivity index (χ3v) is 3.77. The van der Waals surface area contributed by atoms with E-state index in [4.69, 9.17) is 27.9 Å². The monoisotopic (exact) mass is 355 g/mol. The van der Waals surface area contributed by atoms with Gasteiger partial charge in [-0.2, -0.15) is 0 Å². The number of aryl methyl sites for hydroxylation is 1. The largest absolute Gasteiger partial charge is 0.380 e. The van der Waals surface area contributed by atoms with E-state index >= 15 is 0 Å². The zero-order valence-electron chi connectivity index (χ0n) is 13.1. The smallest absolute Gasteiger partial charge is 0.334 e. The lowest BCUT2D eigenvalue weighted by atomic mass is 10.2. The number of amides is 1. The van der Waals surface area contributed by atoms with Gasteiger partial charge in [0.15, 0.2) is 0 Å². The zero-order valence-corrected chi connectivity index (χ0v) is 14.6. The Morgan fingerprint density at radius 2 is 2.00 bits per heavy atom. The average molecular weight is 356 g/mol. The molecule has 1 heterocycles. The van der Waals surface area contributed by atoms with Gasteiger partial charge in [0.05, 0.1) is 28.9 Å². The lowest BCUT2D eigenvalue weighted by Crippen LogP contribution is -2.37. The molecule has 1 aromatic carbocycles. The number of carbonyl (C=O) groups is 1. The summed E-state index contributed by atoms with van der Waals surface area (Å²) in [6.07, 6.45) is 5.49. The van der Waals surface area contributed by atoms with Crippen molar-refractivity contribution in [3.8, 4) is 0 Å².